The van der Waals surface area contributed by atoms with Crippen LogP contribution in [0, 0.1) is 12.3 Å². The minimum absolute atomic E-state index is 0.498. The quantitative estimate of drug-likeness (QED) is 0.562. The summed E-state index contributed by atoms with van der Waals surface area (Å²) in [6, 6.07) is 0. The maximum absolute atomic E-state index is 3.94. The number of piperidine rings is 1. The van der Waals surface area contributed by atoms with Gasteiger partial charge in [0.05, 0.1) is 0 Å². The average molecular weight is 126 g/mol. The van der Waals surface area contributed by atoms with Crippen LogP contribution in [0.2, 0.25) is 0 Å². The van der Waals surface area contributed by atoms with Gasteiger partial charge in [-0.3, -0.25) is 0 Å². The first-order valence-corrected chi connectivity index (χ1v) is 3.77. The van der Waals surface area contributed by atoms with Crippen molar-refractivity contribution >= 4 is 0 Å². The Hall–Kier alpha value is -0.0400. The Morgan fingerprint density at radius 1 is 1.67 bits per heavy atom. The molecule has 1 radical (unpaired) electrons. The van der Waals surface area contributed by atoms with Crippen LogP contribution in [0.1, 0.15) is 26.2 Å². The molecule has 1 aliphatic rings. The van der Waals surface area contributed by atoms with E-state index in [9.17, 15) is 0 Å². The van der Waals surface area contributed by atoms with Gasteiger partial charge in [-0.15, -0.1) is 0 Å². The van der Waals surface area contributed by atoms with Gasteiger partial charge in [-0.25, -0.2) is 0 Å². The van der Waals surface area contributed by atoms with Gasteiger partial charge >= 0.3 is 0 Å². The van der Waals surface area contributed by atoms with E-state index in [2.05, 4.69) is 19.2 Å². The molecule has 0 saturated carbocycles. The standard InChI is InChI=1S/C8H16N/c1-3-8(2)5-4-6-9-7-8/h9H,1,3-7H2,2H3. The van der Waals surface area contributed by atoms with Gasteiger partial charge in [0.25, 0.3) is 0 Å². The number of hydrogen-bond acceptors (Lipinski definition) is 1. The number of nitrogens with one attached hydrogen (secondary N) is 1. The van der Waals surface area contributed by atoms with Crippen molar-refractivity contribution in [1.82, 2.24) is 5.32 Å². The third-order valence-electron chi connectivity index (χ3n) is 2.29. The second-order valence-electron chi connectivity index (χ2n) is 3.34. The monoisotopic (exact) mass is 126 g/mol. The molecule has 1 aliphatic heterocycles. The highest BCUT2D eigenvalue weighted by Gasteiger charge is 2.23. The van der Waals surface area contributed by atoms with E-state index in [0.29, 0.717) is 5.41 Å². The fourth-order valence-corrected chi connectivity index (χ4v) is 1.33. The molecule has 1 N–H and O–H groups in total. The van der Waals surface area contributed by atoms with Gasteiger partial charge in [0.15, 0.2) is 0 Å². The minimum atomic E-state index is 0.498. The second kappa shape index (κ2) is 2.70. The molecular weight excluding hydrogens is 110 g/mol. The lowest BCUT2D eigenvalue weighted by molar-refractivity contribution is 0.238. The summed E-state index contributed by atoms with van der Waals surface area (Å²) in [7, 11) is 0. The van der Waals surface area contributed by atoms with Crippen molar-refractivity contribution in [2.45, 2.75) is 26.2 Å². The third-order valence-corrected chi connectivity index (χ3v) is 2.29. The van der Waals surface area contributed by atoms with E-state index < -0.39 is 0 Å². The molecular formula is C8H16N. The summed E-state index contributed by atoms with van der Waals surface area (Å²) in [5.41, 5.74) is 0.498. The Balaban J connectivity index is 2.37. The molecule has 1 heteroatoms. The van der Waals surface area contributed by atoms with Crippen LogP contribution in [-0.2, 0) is 0 Å². The first kappa shape index (κ1) is 7.07. The lowest BCUT2D eigenvalue weighted by Crippen LogP contribution is -2.37. The van der Waals surface area contributed by atoms with E-state index in [1.54, 1.807) is 0 Å². The minimum Gasteiger partial charge on any atom is -0.316 e. The highest BCUT2D eigenvalue weighted by Crippen LogP contribution is 2.28. The van der Waals surface area contributed by atoms with E-state index in [-0.39, 0.29) is 0 Å². The van der Waals surface area contributed by atoms with Crippen molar-refractivity contribution < 1.29 is 0 Å². The molecule has 0 aromatic rings. The smallest absolute Gasteiger partial charge is 0.000517 e. The summed E-state index contributed by atoms with van der Waals surface area (Å²) in [5, 5.41) is 3.39. The van der Waals surface area contributed by atoms with Crippen molar-refractivity contribution in [3.63, 3.8) is 0 Å². The third kappa shape index (κ3) is 1.68. The van der Waals surface area contributed by atoms with Crippen molar-refractivity contribution in [3.8, 4) is 0 Å². The van der Waals surface area contributed by atoms with Crippen LogP contribution in [-0.4, -0.2) is 13.1 Å². The molecule has 1 heterocycles. The van der Waals surface area contributed by atoms with Crippen LogP contribution < -0.4 is 5.32 Å². The van der Waals surface area contributed by atoms with E-state index in [0.717, 1.165) is 13.0 Å². The Morgan fingerprint density at radius 2 is 2.44 bits per heavy atom. The predicted molar refractivity (Wildman–Crippen MR) is 40.2 cm³/mol. The van der Waals surface area contributed by atoms with Crippen LogP contribution in [0.3, 0.4) is 0 Å². The Morgan fingerprint density at radius 3 is 2.78 bits per heavy atom. The Labute approximate surface area is 57.8 Å². The SMILES string of the molecule is [CH2]CC1(C)CCCNC1. The van der Waals surface area contributed by atoms with Crippen molar-refractivity contribution in [1.29, 1.82) is 0 Å². The zero-order chi connectivity index (χ0) is 6.74. The van der Waals surface area contributed by atoms with E-state index in [1.807, 2.05) is 0 Å². The van der Waals surface area contributed by atoms with Gasteiger partial charge in [-0.1, -0.05) is 13.8 Å². The highest BCUT2D eigenvalue weighted by atomic mass is 14.9. The maximum atomic E-state index is 3.94. The van der Waals surface area contributed by atoms with Gasteiger partial charge in [-0.05, 0) is 31.2 Å². The molecule has 0 aliphatic carbocycles. The van der Waals surface area contributed by atoms with Crippen LogP contribution in [0.5, 0.6) is 0 Å². The lowest BCUT2D eigenvalue weighted by atomic mass is 9.81. The predicted octanol–water partition coefficient (Wildman–Crippen LogP) is 1.60. The summed E-state index contributed by atoms with van der Waals surface area (Å²) < 4.78 is 0. The molecule has 1 nitrogen and oxygen atoms in total. The van der Waals surface area contributed by atoms with Gasteiger partial charge in [0.1, 0.15) is 0 Å². The number of rotatable bonds is 1. The molecule has 0 spiro atoms. The second-order valence-corrected chi connectivity index (χ2v) is 3.34. The molecule has 0 bridgehead atoms. The fourth-order valence-electron chi connectivity index (χ4n) is 1.33. The molecule has 9 heavy (non-hydrogen) atoms. The zero-order valence-electron chi connectivity index (χ0n) is 6.24. The Bertz CT molecular complexity index is 82.6. The largest absolute Gasteiger partial charge is 0.316 e. The van der Waals surface area contributed by atoms with Crippen LogP contribution in [0.25, 0.3) is 0 Å². The zero-order valence-corrected chi connectivity index (χ0v) is 6.24. The molecule has 1 atom stereocenters. The number of hydrogen-bond donors (Lipinski definition) is 1. The molecule has 1 unspecified atom stereocenters. The highest BCUT2D eigenvalue weighted by molar-refractivity contribution is 4.81. The van der Waals surface area contributed by atoms with Crippen LogP contribution in [0.4, 0.5) is 0 Å². The molecule has 53 valence electrons. The molecule has 1 fully saturated rings. The molecule has 0 aromatic carbocycles. The maximum Gasteiger partial charge on any atom is 0.000517 e. The van der Waals surface area contributed by atoms with Gasteiger partial charge in [0, 0.05) is 6.54 Å². The Kier molecular flexibility index (Phi) is 2.12. The first-order chi connectivity index (χ1) is 4.27. The van der Waals surface area contributed by atoms with Gasteiger partial charge in [0.2, 0.25) is 0 Å². The van der Waals surface area contributed by atoms with Gasteiger partial charge < -0.3 is 5.32 Å². The van der Waals surface area contributed by atoms with Crippen molar-refractivity contribution in [2.75, 3.05) is 13.1 Å². The van der Waals surface area contributed by atoms with E-state index in [4.69, 9.17) is 0 Å². The van der Waals surface area contributed by atoms with Crippen LogP contribution in [0.15, 0.2) is 0 Å². The van der Waals surface area contributed by atoms with E-state index >= 15 is 0 Å². The normalized spacial score (nSPS) is 36.7. The summed E-state index contributed by atoms with van der Waals surface area (Å²) in [6.45, 7) is 8.62. The molecule has 1 rings (SSSR count). The lowest BCUT2D eigenvalue weighted by Gasteiger charge is -2.32. The first-order valence-electron chi connectivity index (χ1n) is 3.77. The molecule has 1 saturated heterocycles. The topological polar surface area (TPSA) is 12.0 Å². The average Bonchev–Trinajstić information content (AvgIpc) is 1.90. The summed E-state index contributed by atoms with van der Waals surface area (Å²) in [4.78, 5) is 0. The molecule has 0 aromatic heterocycles. The van der Waals surface area contributed by atoms with Crippen LogP contribution >= 0.6 is 0 Å². The van der Waals surface area contributed by atoms with E-state index in [1.165, 1.54) is 19.4 Å². The van der Waals surface area contributed by atoms with Crippen molar-refractivity contribution in [3.05, 3.63) is 6.92 Å². The fraction of sp³-hybridized carbons (Fsp3) is 0.875. The summed E-state index contributed by atoms with van der Waals surface area (Å²) in [5.74, 6) is 0. The molecule has 0 amide bonds. The summed E-state index contributed by atoms with van der Waals surface area (Å²) >= 11 is 0. The van der Waals surface area contributed by atoms with Crippen molar-refractivity contribution in [2.24, 2.45) is 5.41 Å². The van der Waals surface area contributed by atoms with Gasteiger partial charge in [-0.2, -0.15) is 0 Å². The summed E-state index contributed by atoms with van der Waals surface area (Å²) in [6.07, 6.45) is 3.75.